The summed E-state index contributed by atoms with van der Waals surface area (Å²) in [5, 5.41) is 4.46. The summed E-state index contributed by atoms with van der Waals surface area (Å²) in [4.78, 5) is 11.7. The van der Waals surface area contributed by atoms with Crippen LogP contribution in [0.3, 0.4) is 0 Å². The van der Waals surface area contributed by atoms with Crippen LogP contribution in [-0.2, 0) is 6.54 Å². The molecule has 1 saturated carbocycles. The van der Waals surface area contributed by atoms with Crippen molar-refractivity contribution in [3.8, 4) is 0 Å². The van der Waals surface area contributed by atoms with Gasteiger partial charge in [0, 0.05) is 18.7 Å². The normalized spacial score (nSPS) is 15.7. The van der Waals surface area contributed by atoms with Crippen molar-refractivity contribution in [1.29, 1.82) is 0 Å². The average Bonchev–Trinajstić information content (AvgIpc) is 2.95. The van der Waals surface area contributed by atoms with Gasteiger partial charge in [-0.2, -0.15) is 5.10 Å². The zero-order valence-electron chi connectivity index (χ0n) is 9.71. The summed E-state index contributed by atoms with van der Waals surface area (Å²) in [5.74, 6) is 1.01. The lowest BCUT2D eigenvalue weighted by Crippen LogP contribution is -2.05. The third-order valence-corrected chi connectivity index (χ3v) is 3.11. The molecule has 15 heavy (non-hydrogen) atoms. The van der Waals surface area contributed by atoms with Gasteiger partial charge in [0.05, 0.1) is 11.3 Å². The molecule has 2 rings (SSSR count). The van der Waals surface area contributed by atoms with E-state index < -0.39 is 0 Å². The minimum atomic E-state index is 0.215. The number of hydrogen-bond donors (Lipinski definition) is 0. The molecule has 1 aromatic rings. The second-order valence-electron chi connectivity index (χ2n) is 4.45. The van der Waals surface area contributed by atoms with Crippen molar-refractivity contribution in [3.05, 3.63) is 17.0 Å². The highest BCUT2D eigenvalue weighted by Crippen LogP contribution is 2.31. The smallest absolute Gasteiger partial charge is 0.166 e. The molecule has 0 aliphatic heterocycles. The fraction of sp³-hybridized carbons (Fsp3) is 0.667. The number of aromatic nitrogens is 2. The van der Waals surface area contributed by atoms with Gasteiger partial charge in [-0.15, -0.1) is 0 Å². The number of carbonyl (C=O) groups excluding carboxylic acids is 1. The van der Waals surface area contributed by atoms with Crippen molar-refractivity contribution in [2.45, 2.75) is 46.6 Å². The largest absolute Gasteiger partial charge is 0.294 e. The van der Waals surface area contributed by atoms with Crippen LogP contribution in [0.4, 0.5) is 0 Å². The van der Waals surface area contributed by atoms with Gasteiger partial charge in [-0.1, -0.05) is 6.92 Å². The molecule has 0 spiro atoms. The lowest BCUT2D eigenvalue weighted by atomic mass is 10.1. The van der Waals surface area contributed by atoms with Gasteiger partial charge in [0.2, 0.25) is 0 Å². The first-order chi connectivity index (χ1) is 7.13. The zero-order valence-corrected chi connectivity index (χ0v) is 9.71. The standard InChI is InChI=1S/C12H18N2O/c1-4-11(15)12-8(2)13-14(9(12)3)7-10-5-6-10/h10H,4-7H2,1-3H3. The lowest BCUT2D eigenvalue weighted by molar-refractivity contribution is 0.0987. The van der Waals surface area contributed by atoms with Gasteiger partial charge in [-0.3, -0.25) is 9.48 Å². The number of carbonyl (C=O) groups is 1. The van der Waals surface area contributed by atoms with Crippen molar-refractivity contribution in [2.75, 3.05) is 0 Å². The SMILES string of the molecule is CCC(=O)c1c(C)nn(CC2CC2)c1C. The first-order valence-corrected chi connectivity index (χ1v) is 5.70. The van der Waals surface area contributed by atoms with Crippen LogP contribution in [-0.4, -0.2) is 15.6 Å². The predicted molar refractivity (Wildman–Crippen MR) is 59.0 cm³/mol. The molecule has 0 amide bonds. The Hall–Kier alpha value is -1.12. The van der Waals surface area contributed by atoms with Crippen LogP contribution < -0.4 is 0 Å². The zero-order chi connectivity index (χ0) is 11.0. The van der Waals surface area contributed by atoms with Crippen LogP contribution in [0.25, 0.3) is 0 Å². The van der Waals surface area contributed by atoms with E-state index in [1.165, 1.54) is 12.8 Å². The lowest BCUT2D eigenvalue weighted by Gasteiger charge is -2.02. The van der Waals surface area contributed by atoms with Crippen molar-refractivity contribution >= 4 is 5.78 Å². The molecule has 0 bridgehead atoms. The van der Waals surface area contributed by atoms with Crippen LogP contribution >= 0.6 is 0 Å². The highest BCUT2D eigenvalue weighted by Gasteiger charge is 2.25. The number of rotatable bonds is 4. The second kappa shape index (κ2) is 3.80. The summed E-state index contributed by atoms with van der Waals surface area (Å²) < 4.78 is 2.01. The molecule has 3 nitrogen and oxygen atoms in total. The predicted octanol–water partition coefficient (Wildman–Crippen LogP) is 2.50. The van der Waals surface area contributed by atoms with Crippen molar-refractivity contribution in [2.24, 2.45) is 5.92 Å². The van der Waals surface area contributed by atoms with E-state index in [1.807, 2.05) is 25.5 Å². The number of nitrogens with zero attached hydrogens (tertiary/aromatic N) is 2. The van der Waals surface area contributed by atoms with E-state index in [9.17, 15) is 4.79 Å². The fourth-order valence-corrected chi connectivity index (χ4v) is 2.00. The Morgan fingerprint density at radius 1 is 1.47 bits per heavy atom. The molecule has 0 unspecified atom stereocenters. The summed E-state index contributed by atoms with van der Waals surface area (Å²) in [6.07, 6.45) is 3.20. The molecule has 1 fully saturated rings. The van der Waals surface area contributed by atoms with E-state index >= 15 is 0 Å². The Balaban J connectivity index is 2.29. The highest BCUT2D eigenvalue weighted by atomic mass is 16.1. The minimum Gasteiger partial charge on any atom is -0.294 e. The summed E-state index contributed by atoms with van der Waals surface area (Å²) in [5.41, 5.74) is 2.78. The first kappa shape index (κ1) is 10.4. The summed E-state index contributed by atoms with van der Waals surface area (Å²) in [7, 11) is 0. The Morgan fingerprint density at radius 2 is 2.13 bits per heavy atom. The van der Waals surface area contributed by atoms with Gasteiger partial charge in [0.15, 0.2) is 5.78 Å². The molecule has 82 valence electrons. The van der Waals surface area contributed by atoms with Gasteiger partial charge < -0.3 is 0 Å². The summed E-state index contributed by atoms with van der Waals surface area (Å²) in [6, 6.07) is 0. The minimum absolute atomic E-state index is 0.215. The highest BCUT2D eigenvalue weighted by molar-refractivity contribution is 5.97. The van der Waals surface area contributed by atoms with Crippen molar-refractivity contribution in [1.82, 2.24) is 9.78 Å². The first-order valence-electron chi connectivity index (χ1n) is 5.70. The van der Waals surface area contributed by atoms with Crippen LogP contribution in [0.1, 0.15) is 47.9 Å². The van der Waals surface area contributed by atoms with Crippen molar-refractivity contribution < 1.29 is 4.79 Å². The fourth-order valence-electron chi connectivity index (χ4n) is 2.00. The van der Waals surface area contributed by atoms with E-state index in [2.05, 4.69) is 5.10 Å². The molecule has 1 heterocycles. The molecule has 0 atom stereocenters. The van der Waals surface area contributed by atoms with Crippen LogP contribution in [0.15, 0.2) is 0 Å². The Morgan fingerprint density at radius 3 is 2.67 bits per heavy atom. The Labute approximate surface area is 90.5 Å². The quantitative estimate of drug-likeness (QED) is 0.709. The molecule has 0 aromatic carbocycles. The summed E-state index contributed by atoms with van der Waals surface area (Å²) in [6.45, 7) is 6.83. The monoisotopic (exact) mass is 206 g/mol. The number of Topliss-reactive ketones (excluding diaryl/α,β-unsaturated/α-hetero) is 1. The molecule has 0 radical (unpaired) electrons. The van der Waals surface area contributed by atoms with E-state index in [0.717, 1.165) is 29.4 Å². The molecular weight excluding hydrogens is 188 g/mol. The Kier molecular flexibility index (Phi) is 2.63. The van der Waals surface area contributed by atoms with E-state index in [-0.39, 0.29) is 5.78 Å². The topological polar surface area (TPSA) is 34.9 Å². The van der Waals surface area contributed by atoms with Gasteiger partial charge in [0.25, 0.3) is 0 Å². The van der Waals surface area contributed by atoms with Gasteiger partial charge >= 0.3 is 0 Å². The van der Waals surface area contributed by atoms with E-state index in [4.69, 9.17) is 0 Å². The third kappa shape index (κ3) is 1.96. The molecule has 0 saturated heterocycles. The molecular formula is C12H18N2O. The van der Waals surface area contributed by atoms with Crippen LogP contribution in [0.2, 0.25) is 0 Å². The number of aryl methyl sites for hydroxylation is 1. The maximum absolute atomic E-state index is 11.7. The molecule has 1 aromatic heterocycles. The third-order valence-electron chi connectivity index (χ3n) is 3.11. The maximum Gasteiger partial charge on any atom is 0.166 e. The van der Waals surface area contributed by atoms with Gasteiger partial charge in [-0.05, 0) is 32.6 Å². The van der Waals surface area contributed by atoms with Crippen LogP contribution in [0, 0.1) is 19.8 Å². The molecule has 3 heteroatoms. The molecule has 0 N–H and O–H groups in total. The van der Waals surface area contributed by atoms with Gasteiger partial charge in [0.1, 0.15) is 0 Å². The summed E-state index contributed by atoms with van der Waals surface area (Å²) >= 11 is 0. The average molecular weight is 206 g/mol. The van der Waals surface area contributed by atoms with Gasteiger partial charge in [-0.25, -0.2) is 0 Å². The number of hydrogen-bond acceptors (Lipinski definition) is 2. The molecule has 1 aliphatic rings. The van der Waals surface area contributed by atoms with E-state index in [1.54, 1.807) is 0 Å². The van der Waals surface area contributed by atoms with Crippen LogP contribution in [0.5, 0.6) is 0 Å². The number of ketones is 1. The van der Waals surface area contributed by atoms with E-state index in [0.29, 0.717) is 6.42 Å². The maximum atomic E-state index is 11.7. The van der Waals surface area contributed by atoms with Crippen molar-refractivity contribution in [3.63, 3.8) is 0 Å². The Bertz CT molecular complexity index is 389. The second-order valence-corrected chi connectivity index (χ2v) is 4.45. The molecule has 1 aliphatic carbocycles.